The lowest BCUT2D eigenvalue weighted by Crippen LogP contribution is -2.19. The van der Waals surface area contributed by atoms with Gasteiger partial charge in [-0.3, -0.25) is 4.79 Å². The minimum atomic E-state index is -0.306. The molecular weight excluding hydrogens is 336 g/mol. The van der Waals surface area contributed by atoms with Crippen LogP contribution in [0.15, 0.2) is 36.4 Å². The number of nitrogens with one attached hydrogen (secondary N) is 3. The third kappa shape index (κ3) is 3.95. The van der Waals surface area contributed by atoms with E-state index >= 15 is 0 Å². The van der Waals surface area contributed by atoms with Gasteiger partial charge in [0.15, 0.2) is 5.13 Å². The molecule has 3 amide bonds. The number of hydrogen-bond acceptors (Lipinski definition) is 4. The number of benzene rings is 2. The summed E-state index contributed by atoms with van der Waals surface area (Å²) in [6, 6.07) is 11.0. The van der Waals surface area contributed by atoms with Gasteiger partial charge in [-0.25, -0.2) is 9.78 Å². The minimum Gasteiger partial charge on any atom is -0.308 e. The van der Waals surface area contributed by atoms with Gasteiger partial charge < -0.3 is 16.0 Å². The Kier molecular flexibility index (Phi) is 4.67. The molecule has 2 aromatic carbocycles. The number of rotatable bonds is 3. The Morgan fingerprint density at radius 3 is 2.48 bits per heavy atom. The van der Waals surface area contributed by atoms with E-state index in [1.807, 2.05) is 50.2 Å². The monoisotopic (exact) mass is 354 g/mol. The number of carbonyl (C=O) groups is 2. The molecule has 0 bridgehead atoms. The van der Waals surface area contributed by atoms with Crippen molar-refractivity contribution >= 4 is 50.0 Å². The fraction of sp³-hybridized carbons (Fsp3) is 0.167. The van der Waals surface area contributed by atoms with Crippen molar-refractivity contribution in [3.05, 3.63) is 47.5 Å². The first-order valence-corrected chi connectivity index (χ1v) is 8.56. The highest BCUT2D eigenvalue weighted by Gasteiger charge is 2.11. The Morgan fingerprint density at radius 2 is 1.76 bits per heavy atom. The second kappa shape index (κ2) is 6.90. The van der Waals surface area contributed by atoms with Gasteiger partial charge in [-0.15, -0.1) is 0 Å². The van der Waals surface area contributed by atoms with E-state index in [-0.39, 0.29) is 11.9 Å². The number of urea groups is 1. The molecule has 0 spiro atoms. The van der Waals surface area contributed by atoms with Crippen LogP contribution in [0.25, 0.3) is 10.2 Å². The van der Waals surface area contributed by atoms with Gasteiger partial charge in [0.1, 0.15) is 0 Å². The zero-order valence-electron chi connectivity index (χ0n) is 14.1. The summed E-state index contributed by atoms with van der Waals surface area (Å²) >= 11 is 1.37. The summed E-state index contributed by atoms with van der Waals surface area (Å²) in [5.74, 6) is -0.160. The fourth-order valence-corrected chi connectivity index (χ4v) is 3.50. The largest absolute Gasteiger partial charge is 0.323 e. The molecule has 0 aliphatic rings. The average Bonchev–Trinajstić information content (AvgIpc) is 2.91. The van der Waals surface area contributed by atoms with E-state index in [1.54, 1.807) is 0 Å². The third-order valence-electron chi connectivity index (χ3n) is 3.62. The van der Waals surface area contributed by atoms with E-state index in [0.717, 1.165) is 27.0 Å². The van der Waals surface area contributed by atoms with Crippen LogP contribution in [-0.2, 0) is 4.79 Å². The molecule has 0 aliphatic heterocycles. The molecule has 25 heavy (non-hydrogen) atoms. The van der Waals surface area contributed by atoms with Crippen molar-refractivity contribution in [3.63, 3.8) is 0 Å². The zero-order valence-corrected chi connectivity index (χ0v) is 15.0. The fourth-order valence-electron chi connectivity index (χ4n) is 2.47. The standard InChI is InChI=1S/C18H18N4O2S/c1-10-6-4-5-7-14(10)21-17(24)20-13-8-11(2)16-15(9-13)25-18(22-16)19-12(3)23/h4-9H,1-3H3,(H,19,22,23)(H2,20,21,24). The van der Waals surface area contributed by atoms with Gasteiger partial charge in [0.05, 0.1) is 10.2 Å². The van der Waals surface area contributed by atoms with E-state index in [9.17, 15) is 9.59 Å². The molecular formula is C18H18N4O2S. The number of nitrogens with zero attached hydrogens (tertiary/aromatic N) is 1. The molecule has 7 heteroatoms. The number of fused-ring (bicyclic) bond motifs is 1. The SMILES string of the molecule is CC(=O)Nc1nc2c(C)cc(NC(=O)Nc3ccccc3C)cc2s1. The Bertz CT molecular complexity index is 965. The van der Waals surface area contributed by atoms with Crippen LogP contribution in [0.3, 0.4) is 0 Å². The first-order chi connectivity index (χ1) is 11.9. The zero-order chi connectivity index (χ0) is 18.0. The molecule has 0 aliphatic carbocycles. The molecule has 128 valence electrons. The molecule has 1 aromatic heterocycles. The van der Waals surface area contributed by atoms with Crippen molar-refractivity contribution < 1.29 is 9.59 Å². The van der Waals surface area contributed by atoms with E-state index in [0.29, 0.717) is 10.8 Å². The van der Waals surface area contributed by atoms with Crippen LogP contribution < -0.4 is 16.0 Å². The molecule has 3 aromatic rings. The van der Waals surface area contributed by atoms with Crippen molar-refractivity contribution in [2.75, 3.05) is 16.0 Å². The highest BCUT2D eigenvalue weighted by molar-refractivity contribution is 7.22. The second-order valence-electron chi connectivity index (χ2n) is 5.73. The summed E-state index contributed by atoms with van der Waals surface area (Å²) in [6.07, 6.45) is 0. The van der Waals surface area contributed by atoms with Crippen LogP contribution in [0.5, 0.6) is 0 Å². The number of thiazole rings is 1. The number of aromatic nitrogens is 1. The predicted octanol–water partition coefficient (Wildman–Crippen LogP) is 4.52. The maximum Gasteiger partial charge on any atom is 0.323 e. The summed E-state index contributed by atoms with van der Waals surface area (Å²) in [4.78, 5) is 27.8. The quantitative estimate of drug-likeness (QED) is 0.647. The first kappa shape index (κ1) is 16.9. The molecule has 0 unspecified atom stereocenters. The van der Waals surface area contributed by atoms with Gasteiger partial charge >= 0.3 is 6.03 Å². The van der Waals surface area contributed by atoms with Crippen molar-refractivity contribution in [1.82, 2.24) is 4.98 Å². The van der Waals surface area contributed by atoms with E-state index in [2.05, 4.69) is 20.9 Å². The number of amides is 3. The van der Waals surface area contributed by atoms with Crippen LogP contribution >= 0.6 is 11.3 Å². The lowest BCUT2D eigenvalue weighted by Gasteiger charge is -2.10. The topological polar surface area (TPSA) is 83.1 Å². The van der Waals surface area contributed by atoms with Gasteiger partial charge in [-0.1, -0.05) is 29.5 Å². The number of carbonyl (C=O) groups excluding carboxylic acids is 2. The molecule has 3 rings (SSSR count). The van der Waals surface area contributed by atoms with Crippen LogP contribution in [0.1, 0.15) is 18.1 Å². The van der Waals surface area contributed by atoms with Crippen LogP contribution in [0, 0.1) is 13.8 Å². The highest BCUT2D eigenvalue weighted by atomic mass is 32.1. The normalized spacial score (nSPS) is 10.5. The van der Waals surface area contributed by atoms with E-state index in [4.69, 9.17) is 0 Å². The summed E-state index contributed by atoms with van der Waals surface area (Å²) in [5.41, 5.74) is 4.18. The third-order valence-corrected chi connectivity index (χ3v) is 4.54. The maximum atomic E-state index is 12.2. The summed E-state index contributed by atoms with van der Waals surface area (Å²) in [7, 11) is 0. The lowest BCUT2D eigenvalue weighted by atomic mass is 10.2. The smallest absolute Gasteiger partial charge is 0.308 e. The molecule has 0 saturated heterocycles. The molecule has 0 atom stereocenters. The lowest BCUT2D eigenvalue weighted by molar-refractivity contribution is -0.114. The van der Waals surface area contributed by atoms with Crippen molar-refractivity contribution in [1.29, 1.82) is 0 Å². The van der Waals surface area contributed by atoms with Gasteiger partial charge in [-0.2, -0.15) is 0 Å². The van der Waals surface area contributed by atoms with Crippen LogP contribution in [0.4, 0.5) is 21.3 Å². The average molecular weight is 354 g/mol. The Morgan fingerprint density at radius 1 is 1.00 bits per heavy atom. The molecule has 0 fully saturated rings. The minimum absolute atomic E-state index is 0.160. The Balaban J connectivity index is 1.80. The van der Waals surface area contributed by atoms with Gasteiger partial charge in [0.2, 0.25) is 5.91 Å². The maximum absolute atomic E-state index is 12.2. The number of anilines is 3. The number of aryl methyl sites for hydroxylation is 2. The molecule has 0 saturated carbocycles. The Hall–Kier alpha value is -2.93. The molecule has 0 radical (unpaired) electrons. The summed E-state index contributed by atoms with van der Waals surface area (Å²) < 4.78 is 0.898. The summed E-state index contributed by atoms with van der Waals surface area (Å²) in [5, 5.41) is 8.92. The first-order valence-electron chi connectivity index (χ1n) is 7.75. The van der Waals surface area contributed by atoms with Crippen molar-refractivity contribution in [2.24, 2.45) is 0 Å². The Labute approximate surface area is 149 Å². The molecule has 3 N–H and O–H groups in total. The predicted molar refractivity (Wildman–Crippen MR) is 102 cm³/mol. The number of hydrogen-bond donors (Lipinski definition) is 3. The van der Waals surface area contributed by atoms with E-state index in [1.165, 1.54) is 18.3 Å². The van der Waals surface area contributed by atoms with Crippen LogP contribution in [-0.4, -0.2) is 16.9 Å². The van der Waals surface area contributed by atoms with E-state index < -0.39 is 0 Å². The van der Waals surface area contributed by atoms with Crippen molar-refractivity contribution in [2.45, 2.75) is 20.8 Å². The summed E-state index contributed by atoms with van der Waals surface area (Å²) in [6.45, 7) is 5.30. The number of para-hydroxylation sites is 1. The van der Waals surface area contributed by atoms with Crippen LogP contribution in [0.2, 0.25) is 0 Å². The van der Waals surface area contributed by atoms with Gasteiger partial charge in [0, 0.05) is 18.3 Å². The second-order valence-corrected chi connectivity index (χ2v) is 6.76. The van der Waals surface area contributed by atoms with Gasteiger partial charge in [-0.05, 0) is 43.2 Å². The molecule has 1 heterocycles. The highest BCUT2D eigenvalue weighted by Crippen LogP contribution is 2.31. The van der Waals surface area contributed by atoms with Gasteiger partial charge in [0.25, 0.3) is 0 Å². The van der Waals surface area contributed by atoms with Crippen molar-refractivity contribution in [3.8, 4) is 0 Å². The molecule has 6 nitrogen and oxygen atoms in total.